The summed E-state index contributed by atoms with van der Waals surface area (Å²) >= 11 is 0. The molecule has 0 atom stereocenters. The van der Waals surface area contributed by atoms with Crippen LogP contribution in [0.25, 0.3) is 33.9 Å². The van der Waals surface area contributed by atoms with E-state index in [0.29, 0.717) is 18.3 Å². The van der Waals surface area contributed by atoms with E-state index in [1.165, 1.54) is 0 Å². The summed E-state index contributed by atoms with van der Waals surface area (Å²) in [7, 11) is 0. The van der Waals surface area contributed by atoms with Gasteiger partial charge in [-0.2, -0.15) is 4.98 Å². The monoisotopic (exact) mass is 363 g/mol. The van der Waals surface area contributed by atoms with Gasteiger partial charge in [0.25, 0.3) is 5.89 Å². The Morgan fingerprint density at radius 1 is 1.15 bits per heavy atom. The number of benzene rings is 2. The number of hydrogen-bond acceptors (Lipinski definition) is 6. The van der Waals surface area contributed by atoms with Crippen LogP contribution in [0.5, 0.6) is 0 Å². The maximum Gasteiger partial charge on any atom is 0.258 e. The molecule has 4 rings (SSSR count). The molecule has 0 aliphatic carbocycles. The van der Waals surface area contributed by atoms with Gasteiger partial charge in [0, 0.05) is 11.1 Å². The smallest absolute Gasteiger partial charge is 0.258 e. The molecule has 0 unspecified atom stereocenters. The van der Waals surface area contributed by atoms with Crippen LogP contribution in [-0.2, 0) is 13.0 Å². The first-order valence-corrected chi connectivity index (χ1v) is 8.92. The topological polar surface area (TPSA) is 89.9 Å². The van der Waals surface area contributed by atoms with Gasteiger partial charge in [0.15, 0.2) is 0 Å². The molecule has 0 aliphatic heterocycles. The lowest BCUT2D eigenvalue weighted by atomic mass is 10.1. The van der Waals surface area contributed by atoms with E-state index in [9.17, 15) is 5.11 Å². The quantitative estimate of drug-likeness (QED) is 0.584. The molecular weight excluding hydrogens is 342 g/mol. The van der Waals surface area contributed by atoms with Crippen LogP contribution in [-0.4, -0.2) is 35.8 Å². The lowest BCUT2D eigenvalue weighted by molar-refractivity contribution is 0.0585. The first-order valence-electron chi connectivity index (χ1n) is 8.92. The SMILES string of the molecule is CCc1ccccc1-c1nc(-c2ccc3c(c2)nnn3CC(C)(C)O)no1. The summed E-state index contributed by atoms with van der Waals surface area (Å²) in [5.74, 6) is 1.02. The van der Waals surface area contributed by atoms with Gasteiger partial charge in [0.1, 0.15) is 5.52 Å². The van der Waals surface area contributed by atoms with E-state index in [1.807, 2.05) is 36.4 Å². The Hall–Kier alpha value is -3.06. The summed E-state index contributed by atoms with van der Waals surface area (Å²) in [6.45, 7) is 5.94. The lowest BCUT2D eigenvalue weighted by Gasteiger charge is -2.16. The van der Waals surface area contributed by atoms with Gasteiger partial charge in [0.05, 0.1) is 17.7 Å². The van der Waals surface area contributed by atoms with Gasteiger partial charge >= 0.3 is 0 Å². The molecule has 2 heterocycles. The van der Waals surface area contributed by atoms with Crippen molar-refractivity contribution in [1.82, 2.24) is 25.1 Å². The second-order valence-corrected chi connectivity index (χ2v) is 7.20. The number of aryl methyl sites for hydroxylation is 1. The number of aliphatic hydroxyl groups is 1. The minimum Gasteiger partial charge on any atom is -0.389 e. The third kappa shape index (κ3) is 3.46. The molecule has 0 bridgehead atoms. The van der Waals surface area contributed by atoms with Gasteiger partial charge in [-0.25, -0.2) is 4.68 Å². The Bertz CT molecular complexity index is 1090. The van der Waals surface area contributed by atoms with E-state index >= 15 is 0 Å². The third-order valence-corrected chi connectivity index (χ3v) is 4.36. The second kappa shape index (κ2) is 6.59. The van der Waals surface area contributed by atoms with Crippen molar-refractivity contribution in [3.05, 3.63) is 48.0 Å². The highest BCUT2D eigenvalue weighted by Crippen LogP contribution is 2.27. The van der Waals surface area contributed by atoms with Crippen LogP contribution in [0.15, 0.2) is 47.0 Å². The van der Waals surface area contributed by atoms with Crippen molar-refractivity contribution in [1.29, 1.82) is 0 Å². The fraction of sp³-hybridized carbons (Fsp3) is 0.300. The van der Waals surface area contributed by atoms with Crippen LogP contribution in [0, 0.1) is 0 Å². The minimum absolute atomic E-state index is 0.364. The number of fused-ring (bicyclic) bond motifs is 1. The number of hydrogen-bond donors (Lipinski definition) is 1. The molecule has 0 fully saturated rings. The largest absolute Gasteiger partial charge is 0.389 e. The van der Waals surface area contributed by atoms with Crippen LogP contribution in [0.4, 0.5) is 0 Å². The van der Waals surface area contributed by atoms with Gasteiger partial charge in [0.2, 0.25) is 5.82 Å². The average molecular weight is 363 g/mol. The van der Waals surface area contributed by atoms with Gasteiger partial charge in [-0.15, -0.1) is 5.10 Å². The third-order valence-electron chi connectivity index (χ3n) is 4.36. The summed E-state index contributed by atoms with van der Waals surface area (Å²) in [4.78, 5) is 4.56. The molecular formula is C20H21N5O2. The fourth-order valence-corrected chi connectivity index (χ4v) is 3.08. The molecule has 0 saturated heterocycles. The fourth-order valence-electron chi connectivity index (χ4n) is 3.08. The normalized spacial score (nSPS) is 12.0. The van der Waals surface area contributed by atoms with Crippen LogP contribution in [0.1, 0.15) is 26.3 Å². The van der Waals surface area contributed by atoms with Crippen molar-refractivity contribution in [2.24, 2.45) is 0 Å². The molecule has 7 nitrogen and oxygen atoms in total. The van der Waals surface area contributed by atoms with Gasteiger partial charge < -0.3 is 9.63 Å². The maximum absolute atomic E-state index is 10.0. The highest BCUT2D eigenvalue weighted by Gasteiger charge is 2.18. The van der Waals surface area contributed by atoms with Crippen LogP contribution in [0.3, 0.4) is 0 Å². The molecule has 4 aromatic rings. The highest BCUT2D eigenvalue weighted by molar-refractivity contribution is 5.80. The van der Waals surface area contributed by atoms with Crippen molar-refractivity contribution in [2.45, 2.75) is 39.3 Å². The zero-order valence-corrected chi connectivity index (χ0v) is 15.5. The van der Waals surface area contributed by atoms with Gasteiger partial charge in [-0.3, -0.25) is 0 Å². The van der Waals surface area contributed by atoms with Crippen molar-refractivity contribution in [3.8, 4) is 22.8 Å². The van der Waals surface area contributed by atoms with Crippen LogP contribution < -0.4 is 0 Å². The molecule has 2 aromatic carbocycles. The van der Waals surface area contributed by atoms with Crippen molar-refractivity contribution in [2.75, 3.05) is 0 Å². The first-order chi connectivity index (χ1) is 12.9. The lowest BCUT2D eigenvalue weighted by Crippen LogP contribution is -2.26. The Morgan fingerprint density at radius 3 is 2.74 bits per heavy atom. The summed E-state index contributed by atoms with van der Waals surface area (Å²) < 4.78 is 7.19. The van der Waals surface area contributed by atoms with E-state index in [2.05, 4.69) is 33.4 Å². The summed E-state index contributed by atoms with van der Waals surface area (Å²) in [5.41, 5.74) is 3.63. The molecule has 0 radical (unpaired) electrons. The van der Waals surface area contributed by atoms with Crippen LogP contribution in [0.2, 0.25) is 0 Å². The molecule has 27 heavy (non-hydrogen) atoms. The summed E-state index contributed by atoms with van der Waals surface area (Å²) in [5, 5.41) is 22.5. The van der Waals surface area contributed by atoms with Gasteiger partial charge in [-0.05, 0) is 50.1 Å². The number of aromatic nitrogens is 5. The van der Waals surface area contributed by atoms with Crippen molar-refractivity contribution < 1.29 is 9.63 Å². The van der Waals surface area contributed by atoms with E-state index in [-0.39, 0.29) is 0 Å². The van der Waals surface area contributed by atoms with Crippen molar-refractivity contribution in [3.63, 3.8) is 0 Å². The number of nitrogens with zero attached hydrogens (tertiary/aromatic N) is 5. The molecule has 0 aliphatic rings. The van der Waals surface area contributed by atoms with E-state index < -0.39 is 5.60 Å². The predicted molar refractivity (Wildman–Crippen MR) is 102 cm³/mol. The zero-order chi connectivity index (χ0) is 19.0. The Balaban J connectivity index is 1.68. The van der Waals surface area contributed by atoms with E-state index in [1.54, 1.807) is 18.5 Å². The molecule has 138 valence electrons. The zero-order valence-electron chi connectivity index (χ0n) is 15.5. The molecule has 1 N–H and O–H groups in total. The van der Waals surface area contributed by atoms with Crippen molar-refractivity contribution >= 4 is 11.0 Å². The second-order valence-electron chi connectivity index (χ2n) is 7.20. The van der Waals surface area contributed by atoms with E-state index in [4.69, 9.17) is 4.52 Å². The van der Waals surface area contributed by atoms with Gasteiger partial charge in [-0.1, -0.05) is 35.5 Å². The maximum atomic E-state index is 10.0. The number of rotatable bonds is 5. The molecule has 0 saturated carbocycles. The molecule has 0 spiro atoms. The first kappa shape index (κ1) is 17.4. The Morgan fingerprint density at radius 2 is 1.96 bits per heavy atom. The summed E-state index contributed by atoms with van der Waals surface area (Å²) in [6.07, 6.45) is 0.893. The molecule has 2 aromatic heterocycles. The highest BCUT2D eigenvalue weighted by atomic mass is 16.5. The standard InChI is InChI=1S/C20H21N5O2/c1-4-13-7-5-6-8-15(13)19-21-18(23-27-19)14-9-10-17-16(11-14)22-24-25(17)12-20(2,3)26/h5-11,26H,4,12H2,1-3H3. The molecule has 7 heteroatoms. The average Bonchev–Trinajstić information content (AvgIpc) is 3.28. The predicted octanol–water partition coefficient (Wildman–Crippen LogP) is 3.48. The van der Waals surface area contributed by atoms with E-state index in [0.717, 1.165) is 34.1 Å². The summed E-state index contributed by atoms with van der Waals surface area (Å²) in [6, 6.07) is 13.7. The Labute approximate surface area is 156 Å². The minimum atomic E-state index is -0.867. The molecule has 0 amide bonds. The van der Waals surface area contributed by atoms with Crippen LogP contribution >= 0.6 is 0 Å². The Kier molecular flexibility index (Phi) is 4.24.